The molecule has 1 aliphatic rings. The minimum atomic E-state index is -5.76. The normalized spacial score (nSPS) is 13.1. The van der Waals surface area contributed by atoms with Crippen molar-refractivity contribution in [3.05, 3.63) is 123 Å². The third kappa shape index (κ3) is 17.4. The van der Waals surface area contributed by atoms with Gasteiger partial charge in [0.2, 0.25) is 23.0 Å². The molecule has 4 N–H and O–H groups in total. The maximum atomic E-state index is 14.1. The smallest absolute Gasteiger partial charge is 0.744 e. The minimum Gasteiger partial charge on any atom is -0.744 e. The Hall–Kier alpha value is -2.17. The third-order valence-electron chi connectivity index (χ3n) is 9.65. The van der Waals surface area contributed by atoms with Crippen LogP contribution in [0.1, 0.15) is 27.0 Å². The van der Waals surface area contributed by atoms with Crippen LogP contribution in [0.5, 0.6) is 0 Å². The Morgan fingerprint density at radius 1 is 0.513 bits per heavy atom. The molecule has 1 aliphatic carbocycles. The maximum Gasteiger partial charge on any atom is 1.00 e. The van der Waals surface area contributed by atoms with Crippen LogP contribution in [-0.4, -0.2) is 91.3 Å². The number of para-hydroxylation sites is 1. The molecule has 0 fully saturated rings. The van der Waals surface area contributed by atoms with Gasteiger partial charge in [-0.2, -0.15) is 25.2 Å². The van der Waals surface area contributed by atoms with Crippen molar-refractivity contribution < 1.29 is 217 Å². The average molecular weight is 1200 g/mol. The second-order valence-corrected chi connectivity index (χ2v) is 21.7. The van der Waals surface area contributed by atoms with Crippen LogP contribution in [0, 0.1) is 13.8 Å². The van der Waals surface area contributed by atoms with Gasteiger partial charge in [-0.25, -0.2) is 42.1 Å². The molecule has 0 atom stereocenters. The van der Waals surface area contributed by atoms with E-state index in [0.29, 0.717) is 29.5 Å². The van der Waals surface area contributed by atoms with E-state index in [0.717, 1.165) is 18.2 Å². The summed E-state index contributed by atoms with van der Waals surface area (Å²) in [7, 11) is -27.2. The molecule has 37 heteroatoms. The van der Waals surface area contributed by atoms with Crippen molar-refractivity contribution >= 4 is 131 Å². The molecule has 7 rings (SSSR count). The van der Waals surface area contributed by atoms with Crippen molar-refractivity contribution in [2.75, 3.05) is 21.4 Å². The number of nitrogens with one attached hydrogen (secondary N) is 4. The fourth-order valence-corrected chi connectivity index (χ4v) is 9.59. The monoisotopic (exact) mass is 1200 g/mol. The number of anilines is 7. The Kier molecular flexibility index (Phi) is 25.3. The number of azo groups is 1. The summed E-state index contributed by atoms with van der Waals surface area (Å²) in [6.07, 6.45) is 0.494. The number of aromatic nitrogens is 3. The summed E-state index contributed by atoms with van der Waals surface area (Å²) in [5.74, 6) is -1.75. The molecule has 0 saturated heterocycles. The van der Waals surface area contributed by atoms with E-state index < -0.39 is 115 Å². The molecule has 0 aliphatic heterocycles. The number of fused-ring (bicyclic) bond motifs is 1. The van der Waals surface area contributed by atoms with Crippen molar-refractivity contribution in [3.8, 4) is 0 Å². The summed E-state index contributed by atoms with van der Waals surface area (Å²) >= 11 is 6.09. The molecule has 0 radical (unpaired) electrons. The number of benzene rings is 5. The second-order valence-electron chi connectivity index (χ2n) is 14.6. The molecule has 6 aromatic rings. The quantitative estimate of drug-likeness (QED) is 0.0321. The number of halogens is 1. The van der Waals surface area contributed by atoms with Crippen molar-refractivity contribution in [2.24, 2.45) is 15.3 Å². The Bertz CT molecular complexity index is 3940. The molecule has 0 saturated carbocycles. The Morgan fingerprint density at radius 3 is 1.67 bits per heavy atom. The number of aryl methyl sites for hydroxylation is 2. The first kappa shape index (κ1) is 69.9. The molecule has 5 aromatic carbocycles. The number of hydrazone groups is 1. The Morgan fingerprint density at radius 2 is 1.09 bits per heavy atom. The van der Waals surface area contributed by atoms with E-state index in [-0.39, 0.29) is 194 Å². The molecular formula is C39H26ClN10Na5O16S5. The molecule has 1 aromatic heterocycles. The largest absolute Gasteiger partial charge is 1.00 e. The molecule has 1 heterocycles. The van der Waals surface area contributed by atoms with Gasteiger partial charge in [0.25, 0.3) is 0 Å². The van der Waals surface area contributed by atoms with Gasteiger partial charge < -0.3 is 38.7 Å². The van der Waals surface area contributed by atoms with Crippen molar-refractivity contribution in [3.63, 3.8) is 0 Å². The van der Waals surface area contributed by atoms with Crippen molar-refractivity contribution in [2.45, 2.75) is 33.4 Å². The van der Waals surface area contributed by atoms with Crippen molar-refractivity contribution in [1.29, 1.82) is 0 Å². The molecule has 370 valence electrons. The number of hydrogen-bond acceptors (Lipinski definition) is 26. The number of ketones is 1. The zero-order valence-corrected chi connectivity index (χ0v) is 55.2. The van der Waals surface area contributed by atoms with E-state index >= 15 is 0 Å². The third-order valence-corrected chi connectivity index (χ3v) is 14.1. The number of Topliss-reactive ketones (excluding diaryl/α,β-unsaturated/α-hetero) is 1. The van der Waals surface area contributed by atoms with Gasteiger partial charge in [-0.05, 0) is 115 Å². The number of rotatable bonds is 15. The first-order chi connectivity index (χ1) is 32.9. The van der Waals surface area contributed by atoms with Crippen LogP contribution in [0.4, 0.5) is 51.7 Å². The van der Waals surface area contributed by atoms with Crippen LogP contribution in [0.2, 0.25) is 5.28 Å². The second kappa shape index (κ2) is 27.5. The van der Waals surface area contributed by atoms with Gasteiger partial charge in [-0.3, -0.25) is 10.2 Å². The topological polar surface area (TPSA) is 427 Å². The number of hydrogen-bond donors (Lipinski definition) is 4. The van der Waals surface area contributed by atoms with Crippen LogP contribution < -0.4 is 169 Å². The van der Waals surface area contributed by atoms with Crippen LogP contribution in [-0.2, 0) is 50.6 Å². The van der Waals surface area contributed by atoms with Gasteiger partial charge >= 0.3 is 148 Å². The van der Waals surface area contributed by atoms with E-state index in [1.807, 2.05) is 5.43 Å². The summed E-state index contributed by atoms with van der Waals surface area (Å²) in [4.78, 5) is 20.5. The van der Waals surface area contributed by atoms with E-state index in [1.165, 1.54) is 55.5 Å². The van der Waals surface area contributed by atoms with Crippen LogP contribution in [0.3, 0.4) is 0 Å². The zero-order chi connectivity index (χ0) is 52.0. The standard InChI is InChI=1S/C39H31ClN10O16S5.5Na/c1-19-12-27(20(2)11-26(19)43-39-45-37(40)44-38(46-39)42-23-9-6-10-24(15-23)67(52,53)54)47-48-28-17-32(70(61,62)63)29(18-31(28)69(58,59)60)49-50-35-33(71(64,65)66)14-21-13-25(68(55,56)57)16-30(34(21)36(35)51)41-22-7-4-3-5-8-22;;;;;/h3-18,41,49H,1-2H3,(H,52,53,54)(H,55,56,57)(H,58,59,60)(H,61,62,63)(H,64,65,66)(H2,42,43,44,45,46);;;;;/q;5*+1/p-5/b48-47?,50-35-;;;;;. The Labute approximate surface area is 549 Å². The molecule has 0 bridgehead atoms. The molecular weight excluding hydrogens is 1180 g/mol. The number of carbonyl (C=O) groups excluding carboxylic acids is 1. The minimum absolute atomic E-state index is 0. The first-order valence-corrected chi connectivity index (χ1v) is 26.5. The van der Waals surface area contributed by atoms with Gasteiger partial charge in [0.1, 0.15) is 62.0 Å². The fourth-order valence-electron chi connectivity index (χ4n) is 6.49. The van der Waals surface area contributed by atoms with Gasteiger partial charge in [-0.1, -0.05) is 24.3 Å². The molecule has 26 nitrogen and oxygen atoms in total. The van der Waals surface area contributed by atoms with Crippen molar-refractivity contribution in [1.82, 2.24) is 15.0 Å². The zero-order valence-electron chi connectivity index (χ0n) is 40.4. The van der Waals surface area contributed by atoms with Gasteiger partial charge in [0.05, 0.1) is 47.1 Å². The SMILES string of the molecule is Cc1cc(Nc2nc(Cl)nc(Nc3cccc(S(=O)(=O)[O-])c3)n2)c(C)cc1N=Nc1cc(S(=O)(=O)[O-])c(N/N=C2\C(=O)c3c(cc(S(=O)(=O)[O-])cc3Nc3ccccc3)C=C2S(=O)(=O)[O-])cc1S(=O)(=O)[O-].[Na+].[Na+].[Na+].[Na+].[Na+]. The number of allylic oxidation sites excluding steroid dienone is 1. The first-order valence-electron chi connectivity index (χ1n) is 19.1. The summed E-state index contributed by atoms with van der Waals surface area (Å²) in [5.41, 5.74) is -1.78. The predicted octanol–water partition coefficient (Wildman–Crippen LogP) is -10.0. The molecule has 0 unspecified atom stereocenters. The average Bonchev–Trinajstić information content (AvgIpc) is 3.25. The molecule has 0 amide bonds. The summed E-state index contributed by atoms with van der Waals surface area (Å²) in [6.45, 7) is 3.05. The van der Waals surface area contributed by atoms with Crippen LogP contribution in [0.25, 0.3) is 6.08 Å². The summed E-state index contributed by atoms with van der Waals surface area (Å²) in [5, 5.41) is 19.3. The Balaban J connectivity index is 0.00000395. The van der Waals surface area contributed by atoms with Gasteiger partial charge in [0, 0.05) is 17.1 Å². The number of nitrogens with zero attached hydrogens (tertiary/aromatic N) is 6. The van der Waals surface area contributed by atoms with Crippen LogP contribution in [0.15, 0.2) is 131 Å². The summed E-state index contributed by atoms with van der Waals surface area (Å²) < 4.78 is 184. The molecule has 0 spiro atoms. The maximum absolute atomic E-state index is 14.1. The van der Waals surface area contributed by atoms with E-state index in [9.17, 15) is 69.6 Å². The van der Waals surface area contributed by atoms with E-state index in [2.05, 4.69) is 46.2 Å². The predicted molar refractivity (Wildman–Crippen MR) is 245 cm³/mol. The number of carbonyl (C=O) groups is 1. The van der Waals surface area contributed by atoms with E-state index in [1.54, 1.807) is 13.0 Å². The van der Waals surface area contributed by atoms with Gasteiger partial charge in [-0.15, -0.1) is 5.11 Å². The fraction of sp³-hybridized carbons (Fsp3) is 0.0513. The molecule has 76 heavy (non-hydrogen) atoms. The van der Waals surface area contributed by atoms with E-state index in [4.69, 9.17) is 11.6 Å². The van der Waals surface area contributed by atoms with Crippen LogP contribution >= 0.6 is 11.6 Å². The summed E-state index contributed by atoms with van der Waals surface area (Å²) in [6, 6.07) is 17.2. The van der Waals surface area contributed by atoms with Gasteiger partial charge in [0.15, 0.2) is 0 Å².